The Morgan fingerprint density at radius 1 is 1.15 bits per heavy atom. The fourth-order valence-electron chi connectivity index (χ4n) is 2.80. The molecule has 0 aliphatic rings. The van der Waals surface area contributed by atoms with E-state index in [1.165, 1.54) is 30.3 Å². The Labute approximate surface area is 158 Å². The van der Waals surface area contributed by atoms with Crippen LogP contribution in [0.4, 0.5) is 4.39 Å². The van der Waals surface area contributed by atoms with Crippen molar-refractivity contribution in [2.45, 2.75) is 10.9 Å². The average molecular weight is 403 g/mol. The van der Waals surface area contributed by atoms with Crippen LogP contribution in [0.1, 0.15) is 17.4 Å². The second-order valence-corrected chi connectivity index (χ2v) is 8.10. The molecule has 27 heavy (non-hydrogen) atoms. The molecule has 2 heterocycles. The van der Waals surface area contributed by atoms with Crippen molar-refractivity contribution in [2.75, 3.05) is 0 Å². The van der Waals surface area contributed by atoms with Crippen molar-refractivity contribution < 1.29 is 12.8 Å². The van der Waals surface area contributed by atoms with Crippen LogP contribution in [-0.4, -0.2) is 26.7 Å². The van der Waals surface area contributed by atoms with E-state index in [1.807, 2.05) is 0 Å². The number of imidazole rings is 1. The zero-order valence-corrected chi connectivity index (χ0v) is 15.7. The van der Waals surface area contributed by atoms with Crippen LogP contribution in [0, 0.1) is 5.82 Å². The highest BCUT2D eigenvalue weighted by atomic mass is 32.2. The van der Waals surface area contributed by atoms with E-state index in [4.69, 9.17) is 0 Å². The summed E-state index contributed by atoms with van der Waals surface area (Å²) in [4.78, 5) is 4.30. The average Bonchev–Trinajstić information content (AvgIpc) is 3.29. The van der Waals surface area contributed by atoms with Crippen molar-refractivity contribution >= 4 is 32.8 Å². The Morgan fingerprint density at radius 2 is 1.93 bits per heavy atom. The normalized spacial score (nSPS) is 13.1. The Balaban J connectivity index is 1.80. The summed E-state index contributed by atoms with van der Waals surface area (Å²) in [5, 5.41) is 0. The number of aromatic nitrogens is 4. The summed E-state index contributed by atoms with van der Waals surface area (Å²) >= 11 is 0.950. The molecule has 4 rings (SSSR count). The molecule has 10 heteroatoms. The Hall–Kier alpha value is -2.69. The summed E-state index contributed by atoms with van der Waals surface area (Å²) in [7, 11) is -2.19. The van der Waals surface area contributed by atoms with Crippen molar-refractivity contribution in [1.29, 1.82) is 0 Å². The molecule has 0 spiro atoms. The van der Waals surface area contributed by atoms with E-state index in [2.05, 4.69) is 18.5 Å². The van der Waals surface area contributed by atoms with Crippen molar-refractivity contribution in [3.8, 4) is 0 Å². The van der Waals surface area contributed by atoms with E-state index < -0.39 is 21.9 Å². The predicted octanol–water partition coefficient (Wildman–Crippen LogP) is 2.63. The maximum absolute atomic E-state index is 13.3. The van der Waals surface area contributed by atoms with Crippen LogP contribution >= 0.6 is 11.7 Å². The largest absolute Gasteiger partial charge is 0.336 e. The molecule has 2 aromatic heterocycles. The lowest BCUT2D eigenvalue weighted by atomic mass is 10.1. The summed E-state index contributed by atoms with van der Waals surface area (Å²) < 4.78 is 52.1. The van der Waals surface area contributed by atoms with E-state index in [9.17, 15) is 12.8 Å². The van der Waals surface area contributed by atoms with E-state index in [0.717, 1.165) is 11.7 Å². The van der Waals surface area contributed by atoms with Gasteiger partial charge in [-0.2, -0.15) is 13.5 Å². The van der Waals surface area contributed by atoms with Gasteiger partial charge in [-0.3, -0.25) is 0 Å². The standard InChI is InChI=1S/C17H14FN5O2S2/c1-23-10-9-19-17(23)15(11-5-7-12(18)8-6-11)22-27(24,25)14-4-2-3-13-16(14)21-26-20-13/h2-10,15,22H,1H3. The Kier molecular flexibility index (Phi) is 4.46. The number of fused-ring (bicyclic) bond motifs is 1. The second-order valence-electron chi connectivity index (χ2n) is 5.89. The smallest absolute Gasteiger partial charge is 0.243 e. The summed E-state index contributed by atoms with van der Waals surface area (Å²) in [5.74, 6) is 0.0762. The maximum Gasteiger partial charge on any atom is 0.243 e. The molecule has 7 nitrogen and oxygen atoms in total. The van der Waals surface area contributed by atoms with E-state index in [1.54, 1.807) is 36.1 Å². The van der Waals surface area contributed by atoms with Gasteiger partial charge >= 0.3 is 0 Å². The molecule has 138 valence electrons. The lowest BCUT2D eigenvalue weighted by molar-refractivity contribution is 0.563. The molecule has 0 saturated heterocycles. The molecule has 0 aliphatic carbocycles. The number of nitrogens with one attached hydrogen (secondary N) is 1. The van der Waals surface area contributed by atoms with Crippen molar-refractivity contribution in [3.63, 3.8) is 0 Å². The maximum atomic E-state index is 13.3. The SMILES string of the molecule is Cn1ccnc1C(NS(=O)(=O)c1cccc2nsnc12)c1ccc(F)cc1. The molecule has 1 N–H and O–H groups in total. The van der Waals surface area contributed by atoms with E-state index in [-0.39, 0.29) is 4.90 Å². The van der Waals surface area contributed by atoms with E-state index >= 15 is 0 Å². The van der Waals surface area contributed by atoms with Crippen LogP contribution in [0.15, 0.2) is 59.8 Å². The third kappa shape index (κ3) is 3.34. The van der Waals surface area contributed by atoms with Gasteiger partial charge in [0.15, 0.2) is 0 Å². The minimum atomic E-state index is -3.95. The molecule has 0 aliphatic heterocycles. The van der Waals surface area contributed by atoms with Gasteiger partial charge in [0, 0.05) is 19.4 Å². The van der Waals surface area contributed by atoms with Crippen LogP contribution in [-0.2, 0) is 17.1 Å². The first-order chi connectivity index (χ1) is 13.0. The number of benzene rings is 2. The van der Waals surface area contributed by atoms with Crippen molar-refractivity contribution in [3.05, 3.63) is 72.1 Å². The first-order valence-electron chi connectivity index (χ1n) is 7.92. The topological polar surface area (TPSA) is 89.8 Å². The number of aryl methyl sites for hydroxylation is 1. The minimum Gasteiger partial charge on any atom is -0.336 e. The number of hydrogen-bond acceptors (Lipinski definition) is 6. The highest BCUT2D eigenvalue weighted by Gasteiger charge is 2.27. The quantitative estimate of drug-likeness (QED) is 0.553. The minimum absolute atomic E-state index is 0.0371. The van der Waals surface area contributed by atoms with Crippen LogP contribution in [0.25, 0.3) is 11.0 Å². The molecular formula is C17H14FN5O2S2. The molecule has 0 amide bonds. The first kappa shape index (κ1) is 17.7. The van der Waals surface area contributed by atoms with Gasteiger partial charge in [-0.1, -0.05) is 18.2 Å². The zero-order chi connectivity index (χ0) is 19.0. The molecule has 1 unspecified atom stereocenters. The van der Waals surface area contributed by atoms with Gasteiger partial charge in [-0.25, -0.2) is 17.8 Å². The van der Waals surface area contributed by atoms with Crippen molar-refractivity contribution in [1.82, 2.24) is 23.0 Å². The van der Waals surface area contributed by atoms with Gasteiger partial charge < -0.3 is 4.57 Å². The Bertz CT molecular complexity index is 1200. The lowest BCUT2D eigenvalue weighted by Gasteiger charge is -2.19. The summed E-state index contributed by atoms with van der Waals surface area (Å²) in [5.41, 5.74) is 1.39. The molecule has 4 aromatic rings. The fourth-order valence-corrected chi connectivity index (χ4v) is 4.75. The van der Waals surface area contributed by atoms with Gasteiger partial charge in [-0.15, -0.1) is 0 Å². The second kappa shape index (κ2) is 6.80. The number of halogens is 1. The zero-order valence-electron chi connectivity index (χ0n) is 14.1. The fraction of sp³-hybridized carbons (Fsp3) is 0.118. The van der Waals surface area contributed by atoms with Crippen LogP contribution in [0.3, 0.4) is 0 Å². The third-order valence-electron chi connectivity index (χ3n) is 4.13. The first-order valence-corrected chi connectivity index (χ1v) is 10.1. The third-order valence-corrected chi connectivity index (χ3v) is 6.13. The van der Waals surface area contributed by atoms with Gasteiger partial charge in [0.25, 0.3) is 0 Å². The Morgan fingerprint density at radius 3 is 2.63 bits per heavy atom. The number of rotatable bonds is 5. The molecular weight excluding hydrogens is 389 g/mol. The number of sulfonamides is 1. The molecule has 0 radical (unpaired) electrons. The number of hydrogen-bond donors (Lipinski definition) is 1. The van der Waals surface area contributed by atoms with Gasteiger partial charge in [-0.05, 0) is 29.8 Å². The molecule has 2 aromatic carbocycles. The molecule has 1 atom stereocenters. The van der Waals surface area contributed by atoms with Crippen LogP contribution in [0.5, 0.6) is 0 Å². The monoisotopic (exact) mass is 403 g/mol. The highest BCUT2D eigenvalue weighted by molar-refractivity contribution is 7.89. The summed E-state index contributed by atoms with van der Waals surface area (Å²) in [6, 6.07) is 9.63. The predicted molar refractivity (Wildman–Crippen MR) is 99.2 cm³/mol. The number of nitrogens with zero attached hydrogens (tertiary/aromatic N) is 4. The lowest BCUT2D eigenvalue weighted by Crippen LogP contribution is -2.31. The van der Waals surface area contributed by atoms with Gasteiger partial charge in [0.05, 0.1) is 11.7 Å². The molecule has 0 fully saturated rings. The highest BCUT2D eigenvalue weighted by Crippen LogP contribution is 2.26. The molecule has 0 bridgehead atoms. The summed E-state index contributed by atoms with van der Waals surface area (Å²) in [6.45, 7) is 0. The van der Waals surface area contributed by atoms with E-state index in [0.29, 0.717) is 22.4 Å². The van der Waals surface area contributed by atoms with Crippen LogP contribution in [0.2, 0.25) is 0 Å². The molecule has 0 saturated carbocycles. The summed E-state index contributed by atoms with van der Waals surface area (Å²) in [6.07, 6.45) is 3.29. The van der Waals surface area contributed by atoms with Gasteiger partial charge in [0.1, 0.15) is 33.6 Å². The van der Waals surface area contributed by atoms with Crippen LogP contribution < -0.4 is 4.72 Å². The van der Waals surface area contributed by atoms with Crippen molar-refractivity contribution in [2.24, 2.45) is 7.05 Å². The van der Waals surface area contributed by atoms with Gasteiger partial charge in [0.2, 0.25) is 10.0 Å².